The number of esters is 2. The number of unbranched alkanes of at least 4 members (excludes halogenated alkanes) is 2. The van der Waals surface area contributed by atoms with Gasteiger partial charge < -0.3 is 15.2 Å². The van der Waals surface area contributed by atoms with Crippen LogP contribution >= 0.6 is 0 Å². The van der Waals surface area contributed by atoms with Gasteiger partial charge in [0.2, 0.25) is 0 Å². The van der Waals surface area contributed by atoms with Crippen LogP contribution in [0.2, 0.25) is 0 Å². The largest absolute Gasteiger partial charge is 0.466 e. The molecule has 2 N–H and O–H groups in total. The first-order valence-corrected chi connectivity index (χ1v) is 6.72. The fourth-order valence-corrected chi connectivity index (χ4v) is 1.61. The van der Waals surface area contributed by atoms with Crippen molar-refractivity contribution in [1.82, 2.24) is 9.78 Å². The zero-order valence-corrected chi connectivity index (χ0v) is 11.7. The summed E-state index contributed by atoms with van der Waals surface area (Å²) in [4.78, 5) is 22.5. The Balaban J connectivity index is 2.01. The molecular weight excluding hydrogens is 262 g/mol. The van der Waals surface area contributed by atoms with Gasteiger partial charge in [0.15, 0.2) is 0 Å². The first-order valence-electron chi connectivity index (χ1n) is 6.72. The molecule has 20 heavy (non-hydrogen) atoms. The molecule has 0 unspecified atom stereocenters. The molecule has 0 atom stereocenters. The molecule has 0 aliphatic carbocycles. The third-order valence-electron chi connectivity index (χ3n) is 2.55. The molecule has 0 saturated heterocycles. The van der Waals surface area contributed by atoms with Crippen LogP contribution in [0.3, 0.4) is 0 Å². The van der Waals surface area contributed by atoms with E-state index in [4.69, 9.17) is 15.2 Å². The predicted octanol–water partition coefficient (Wildman–Crippen LogP) is 1.13. The standard InChI is InChI=1S/C13H21N3O4/c1-2-19-12(17)6-4-3-5-9-20-13(18)10-16-8-7-11(14)15-16/h7-8H,2-6,9-10H2,1H3,(H2,14,15). The molecule has 0 saturated carbocycles. The Morgan fingerprint density at radius 2 is 2.05 bits per heavy atom. The van der Waals surface area contributed by atoms with Crippen LogP contribution in [0.15, 0.2) is 12.3 Å². The molecule has 1 rings (SSSR count). The van der Waals surface area contributed by atoms with Gasteiger partial charge in [-0.25, -0.2) is 0 Å². The van der Waals surface area contributed by atoms with E-state index in [0.29, 0.717) is 25.5 Å². The number of hydrogen-bond acceptors (Lipinski definition) is 6. The van der Waals surface area contributed by atoms with Crippen LogP contribution in [-0.4, -0.2) is 34.9 Å². The lowest BCUT2D eigenvalue weighted by Crippen LogP contribution is -2.14. The molecule has 0 amide bonds. The molecule has 0 fully saturated rings. The van der Waals surface area contributed by atoms with E-state index < -0.39 is 0 Å². The maximum atomic E-state index is 11.4. The molecule has 7 nitrogen and oxygen atoms in total. The Morgan fingerprint density at radius 3 is 2.70 bits per heavy atom. The van der Waals surface area contributed by atoms with Crippen LogP contribution in [0.25, 0.3) is 0 Å². The average molecular weight is 283 g/mol. The number of nitrogens with zero attached hydrogens (tertiary/aromatic N) is 2. The minimum absolute atomic E-state index is 0.0556. The van der Waals surface area contributed by atoms with Crippen molar-refractivity contribution in [3.8, 4) is 0 Å². The Hall–Kier alpha value is -2.05. The van der Waals surface area contributed by atoms with E-state index in [2.05, 4.69) is 5.10 Å². The number of rotatable bonds is 9. The quantitative estimate of drug-likeness (QED) is 0.539. The van der Waals surface area contributed by atoms with E-state index >= 15 is 0 Å². The highest BCUT2D eigenvalue weighted by Gasteiger charge is 2.05. The van der Waals surface area contributed by atoms with E-state index in [-0.39, 0.29) is 18.5 Å². The van der Waals surface area contributed by atoms with Crippen LogP contribution < -0.4 is 5.73 Å². The highest BCUT2D eigenvalue weighted by atomic mass is 16.5. The molecule has 1 heterocycles. The van der Waals surface area contributed by atoms with Gasteiger partial charge >= 0.3 is 11.9 Å². The second-order valence-electron chi connectivity index (χ2n) is 4.27. The fourth-order valence-electron chi connectivity index (χ4n) is 1.61. The molecule has 0 spiro atoms. The zero-order chi connectivity index (χ0) is 14.8. The van der Waals surface area contributed by atoms with E-state index in [9.17, 15) is 9.59 Å². The van der Waals surface area contributed by atoms with Crippen molar-refractivity contribution in [2.24, 2.45) is 0 Å². The lowest BCUT2D eigenvalue weighted by molar-refractivity contribution is -0.145. The second-order valence-corrected chi connectivity index (χ2v) is 4.27. The van der Waals surface area contributed by atoms with E-state index in [1.807, 2.05) is 0 Å². The first kappa shape index (κ1) is 16.0. The summed E-state index contributed by atoms with van der Waals surface area (Å²) in [7, 11) is 0. The molecule has 0 radical (unpaired) electrons. The summed E-state index contributed by atoms with van der Waals surface area (Å²) in [6, 6.07) is 1.61. The number of carbonyl (C=O) groups excluding carboxylic acids is 2. The van der Waals surface area contributed by atoms with Crippen LogP contribution in [0.4, 0.5) is 5.82 Å². The minimum atomic E-state index is -0.349. The maximum absolute atomic E-state index is 11.4. The lowest BCUT2D eigenvalue weighted by atomic mass is 10.2. The number of nitrogen functional groups attached to an aromatic ring is 1. The summed E-state index contributed by atoms with van der Waals surface area (Å²) in [5.41, 5.74) is 5.43. The van der Waals surface area contributed by atoms with Gasteiger partial charge in [-0.05, 0) is 32.3 Å². The SMILES string of the molecule is CCOC(=O)CCCCCOC(=O)Cn1ccc(N)n1. The van der Waals surface area contributed by atoms with Crippen LogP contribution in [-0.2, 0) is 25.6 Å². The molecule has 1 aromatic heterocycles. The number of carbonyl (C=O) groups is 2. The number of hydrogen-bond donors (Lipinski definition) is 1. The molecule has 0 aliphatic rings. The van der Waals surface area contributed by atoms with Crippen molar-refractivity contribution in [1.29, 1.82) is 0 Å². The Labute approximate surface area is 118 Å². The van der Waals surface area contributed by atoms with Crippen LogP contribution in [0.5, 0.6) is 0 Å². The third-order valence-corrected chi connectivity index (χ3v) is 2.55. The van der Waals surface area contributed by atoms with Crippen molar-refractivity contribution >= 4 is 17.8 Å². The maximum Gasteiger partial charge on any atom is 0.327 e. The third kappa shape index (κ3) is 6.77. The minimum Gasteiger partial charge on any atom is -0.466 e. The molecule has 0 aliphatic heterocycles. The highest BCUT2D eigenvalue weighted by Crippen LogP contribution is 2.02. The molecule has 1 aromatic rings. The molecule has 0 bridgehead atoms. The van der Waals surface area contributed by atoms with Gasteiger partial charge in [-0.3, -0.25) is 14.3 Å². The van der Waals surface area contributed by atoms with Crippen molar-refractivity contribution in [3.63, 3.8) is 0 Å². The second kappa shape index (κ2) is 8.95. The van der Waals surface area contributed by atoms with Crippen molar-refractivity contribution in [2.75, 3.05) is 18.9 Å². The number of aromatic nitrogens is 2. The molecule has 7 heteroatoms. The smallest absolute Gasteiger partial charge is 0.327 e. The molecule has 112 valence electrons. The van der Waals surface area contributed by atoms with Gasteiger partial charge in [0, 0.05) is 12.6 Å². The summed E-state index contributed by atoms with van der Waals surface area (Å²) >= 11 is 0. The predicted molar refractivity (Wildman–Crippen MR) is 72.7 cm³/mol. The number of ether oxygens (including phenoxy) is 2. The zero-order valence-electron chi connectivity index (χ0n) is 11.7. The monoisotopic (exact) mass is 283 g/mol. The van der Waals surface area contributed by atoms with Gasteiger partial charge in [-0.2, -0.15) is 5.10 Å². The summed E-state index contributed by atoms with van der Waals surface area (Å²) in [5, 5.41) is 3.89. The summed E-state index contributed by atoms with van der Waals surface area (Å²) in [6.07, 6.45) is 4.32. The molecule has 0 aromatic carbocycles. The summed E-state index contributed by atoms with van der Waals surface area (Å²) < 4.78 is 11.3. The van der Waals surface area contributed by atoms with E-state index in [1.165, 1.54) is 4.68 Å². The fraction of sp³-hybridized carbons (Fsp3) is 0.615. The van der Waals surface area contributed by atoms with Crippen molar-refractivity contribution in [2.45, 2.75) is 39.2 Å². The molecular formula is C13H21N3O4. The van der Waals surface area contributed by atoms with Gasteiger partial charge in [-0.1, -0.05) is 0 Å². The van der Waals surface area contributed by atoms with Gasteiger partial charge in [0.05, 0.1) is 13.2 Å². The average Bonchev–Trinajstić information content (AvgIpc) is 2.79. The normalized spacial score (nSPS) is 10.2. The summed E-state index contributed by atoms with van der Waals surface area (Å²) in [6.45, 7) is 2.59. The van der Waals surface area contributed by atoms with Crippen molar-refractivity contribution in [3.05, 3.63) is 12.3 Å². The number of nitrogens with two attached hydrogens (primary N) is 1. The van der Waals surface area contributed by atoms with Gasteiger partial charge in [0.25, 0.3) is 0 Å². The highest BCUT2D eigenvalue weighted by molar-refractivity contribution is 5.69. The first-order chi connectivity index (χ1) is 9.61. The topological polar surface area (TPSA) is 96.4 Å². The Bertz CT molecular complexity index is 431. The number of anilines is 1. The van der Waals surface area contributed by atoms with Gasteiger partial charge in [0.1, 0.15) is 12.4 Å². The van der Waals surface area contributed by atoms with Crippen LogP contribution in [0, 0.1) is 0 Å². The Morgan fingerprint density at radius 1 is 1.25 bits per heavy atom. The van der Waals surface area contributed by atoms with Gasteiger partial charge in [-0.15, -0.1) is 0 Å². The van der Waals surface area contributed by atoms with Crippen molar-refractivity contribution < 1.29 is 19.1 Å². The lowest BCUT2D eigenvalue weighted by Gasteiger charge is -2.05. The van der Waals surface area contributed by atoms with E-state index in [1.54, 1.807) is 19.2 Å². The Kier molecular flexibility index (Phi) is 7.16. The summed E-state index contributed by atoms with van der Waals surface area (Å²) in [5.74, 6) is -0.156. The van der Waals surface area contributed by atoms with Crippen LogP contribution in [0.1, 0.15) is 32.6 Å². The van der Waals surface area contributed by atoms with E-state index in [0.717, 1.165) is 19.3 Å².